The number of fused-ring (bicyclic) bond motifs is 1. The molecule has 0 aromatic heterocycles. The highest BCUT2D eigenvalue weighted by Gasteiger charge is 2.27. The van der Waals surface area contributed by atoms with Crippen LogP contribution >= 0.6 is 0 Å². The lowest BCUT2D eigenvalue weighted by Gasteiger charge is -2.12. The zero-order valence-electron chi connectivity index (χ0n) is 8.41. The third-order valence-corrected chi connectivity index (χ3v) is 2.24. The standard InChI is InChI=1S/C10H11FO4/c1-5(12)8-9(11)6(13-2)3-7-10(8)15-4-14-7/h3,5,12H,4H2,1-2H3. The van der Waals surface area contributed by atoms with Gasteiger partial charge in [-0.2, -0.15) is 0 Å². The molecule has 5 heteroatoms. The van der Waals surface area contributed by atoms with E-state index in [4.69, 9.17) is 14.2 Å². The summed E-state index contributed by atoms with van der Waals surface area (Å²) >= 11 is 0. The number of aliphatic hydroxyl groups excluding tert-OH is 1. The molecule has 1 unspecified atom stereocenters. The van der Waals surface area contributed by atoms with Crippen LogP contribution in [-0.2, 0) is 0 Å². The van der Waals surface area contributed by atoms with Gasteiger partial charge in [0.1, 0.15) is 0 Å². The number of benzene rings is 1. The Morgan fingerprint density at radius 3 is 2.87 bits per heavy atom. The van der Waals surface area contributed by atoms with Crippen molar-refractivity contribution in [3.63, 3.8) is 0 Å². The molecule has 1 aliphatic heterocycles. The lowest BCUT2D eigenvalue weighted by Crippen LogP contribution is -2.01. The molecule has 0 radical (unpaired) electrons. The highest BCUT2D eigenvalue weighted by Crippen LogP contribution is 2.44. The van der Waals surface area contributed by atoms with Crippen molar-refractivity contribution in [1.29, 1.82) is 0 Å². The van der Waals surface area contributed by atoms with E-state index in [-0.39, 0.29) is 23.9 Å². The van der Waals surface area contributed by atoms with E-state index in [1.807, 2.05) is 0 Å². The maximum Gasteiger partial charge on any atom is 0.231 e. The van der Waals surface area contributed by atoms with Crippen molar-refractivity contribution < 1.29 is 23.7 Å². The first kappa shape index (κ1) is 10.0. The Balaban J connectivity index is 2.64. The van der Waals surface area contributed by atoms with Crippen molar-refractivity contribution in [1.82, 2.24) is 0 Å². The third kappa shape index (κ3) is 1.48. The van der Waals surface area contributed by atoms with Crippen LogP contribution in [0.25, 0.3) is 0 Å². The molecule has 0 fully saturated rings. The Hall–Kier alpha value is -1.49. The summed E-state index contributed by atoms with van der Waals surface area (Å²) in [6.45, 7) is 1.49. The molecular weight excluding hydrogens is 203 g/mol. The van der Waals surface area contributed by atoms with Gasteiger partial charge in [0.05, 0.1) is 18.8 Å². The Morgan fingerprint density at radius 2 is 2.27 bits per heavy atom. The normalized spacial score (nSPS) is 15.2. The summed E-state index contributed by atoms with van der Waals surface area (Å²) in [7, 11) is 1.35. The molecule has 0 saturated heterocycles. The Kier molecular flexibility index (Phi) is 2.40. The first-order valence-corrected chi connectivity index (χ1v) is 4.49. The third-order valence-electron chi connectivity index (χ3n) is 2.24. The molecule has 0 saturated carbocycles. The number of ether oxygens (including phenoxy) is 3. The first-order valence-electron chi connectivity index (χ1n) is 4.49. The van der Waals surface area contributed by atoms with Crippen LogP contribution in [0.2, 0.25) is 0 Å². The minimum Gasteiger partial charge on any atom is -0.494 e. The average molecular weight is 214 g/mol. The van der Waals surface area contributed by atoms with Crippen molar-refractivity contribution in [3.05, 3.63) is 17.4 Å². The molecule has 1 atom stereocenters. The molecule has 0 amide bonds. The van der Waals surface area contributed by atoms with E-state index in [1.165, 1.54) is 20.1 Å². The average Bonchev–Trinajstić information content (AvgIpc) is 2.63. The monoisotopic (exact) mass is 214 g/mol. The second kappa shape index (κ2) is 3.58. The van der Waals surface area contributed by atoms with Gasteiger partial charge in [-0.1, -0.05) is 0 Å². The Labute approximate surface area is 86.2 Å². The highest BCUT2D eigenvalue weighted by molar-refractivity contribution is 5.54. The van der Waals surface area contributed by atoms with Gasteiger partial charge in [-0.05, 0) is 6.92 Å². The Bertz CT molecular complexity index is 389. The number of aliphatic hydroxyl groups is 1. The molecule has 1 aromatic carbocycles. The number of methoxy groups -OCH3 is 1. The molecule has 1 aromatic rings. The van der Waals surface area contributed by atoms with E-state index in [0.717, 1.165) is 0 Å². The summed E-state index contributed by atoms with van der Waals surface area (Å²) in [6, 6.07) is 1.41. The largest absolute Gasteiger partial charge is 0.494 e. The van der Waals surface area contributed by atoms with Crippen LogP contribution in [0.5, 0.6) is 17.2 Å². The molecule has 15 heavy (non-hydrogen) atoms. The summed E-state index contributed by atoms with van der Waals surface area (Å²) in [6.07, 6.45) is -0.976. The molecule has 0 bridgehead atoms. The number of halogens is 1. The van der Waals surface area contributed by atoms with Crippen LogP contribution in [0.4, 0.5) is 4.39 Å². The quantitative estimate of drug-likeness (QED) is 0.812. The maximum atomic E-state index is 13.8. The van der Waals surface area contributed by atoms with Crippen LogP contribution in [0.1, 0.15) is 18.6 Å². The molecule has 0 spiro atoms. The fourth-order valence-electron chi connectivity index (χ4n) is 1.54. The van der Waals surface area contributed by atoms with Crippen LogP contribution in [0.3, 0.4) is 0 Å². The van der Waals surface area contributed by atoms with Gasteiger partial charge in [0.15, 0.2) is 23.1 Å². The van der Waals surface area contributed by atoms with E-state index >= 15 is 0 Å². The molecule has 4 nitrogen and oxygen atoms in total. The van der Waals surface area contributed by atoms with E-state index in [0.29, 0.717) is 5.75 Å². The first-order chi connectivity index (χ1) is 7.15. The van der Waals surface area contributed by atoms with Gasteiger partial charge in [-0.25, -0.2) is 4.39 Å². The number of hydrogen-bond acceptors (Lipinski definition) is 4. The lowest BCUT2D eigenvalue weighted by atomic mass is 10.1. The van der Waals surface area contributed by atoms with Crippen LogP contribution in [0.15, 0.2) is 6.07 Å². The second-order valence-electron chi connectivity index (χ2n) is 3.22. The fraction of sp³-hybridized carbons (Fsp3) is 0.400. The predicted octanol–water partition coefficient (Wildman–Crippen LogP) is 1.62. The maximum absolute atomic E-state index is 13.8. The molecule has 1 heterocycles. The van der Waals surface area contributed by atoms with Gasteiger partial charge < -0.3 is 19.3 Å². The van der Waals surface area contributed by atoms with Gasteiger partial charge in [-0.15, -0.1) is 0 Å². The van der Waals surface area contributed by atoms with Gasteiger partial charge >= 0.3 is 0 Å². The zero-order valence-corrected chi connectivity index (χ0v) is 8.41. The van der Waals surface area contributed by atoms with Crippen LogP contribution in [-0.4, -0.2) is 19.0 Å². The lowest BCUT2D eigenvalue weighted by molar-refractivity contribution is 0.162. The molecule has 1 N–H and O–H groups in total. The zero-order chi connectivity index (χ0) is 11.0. The SMILES string of the molecule is COc1cc2c(c(C(C)O)c1F)OCO2. The van der Waals surface area contributed by atoms with Crippen molar-refractivity contribution in [2.45, 2.75) is 13.0 Å². The number of rotatable bonds is 2. The van der Waals surface area contributed by atoms with Gasteiger partial charge in [-0.3, -0.25) is 0 Å². The van der Waals surface area contributed by atoms with E-state index in [9.17, 15) is 9.50 Å². The topological polar surface area (TPSA) is 47.9 Å². The smallest absolute Gasteiger partial charge is 0.231 e. The van der Waals surface area contributed by atoms with Gasteiger partial charge in [0, 0.05) is 6.07 Å². The molecular formula is C10H11FO4. The van der Waals surface area contributed by atoms with E-state index < -0.39 is 11.9 Å². The summed E-state index contributed by atoms with van der Waals surface area (Å²) in [5.74, 6) is 0.0688. The van der Waals surface area contributed by atoms with E-state index in [2.05, 4.69) is 0 Å². The summed E-state index contributed by atoms with van der Waals surface area (Å²) in [5, 5.41) is 9.46. The second-order valence-corrected chi connectivity index (χ2v) is 3.22. The molecule has 1 aliphatic rings. The summed E-state index contributed by atoms with van der Waals surface area (Å²) in [4.78, 5) is 0. The van der Waals surface area contributed by atoms with Crippen molar-refractivity contribution in [3.8, 4) is 17.2 Å². The highest BCUT2D eigenvalue weighted by atomic mass is 19.1. The predicted molar refractivity (Wildman–Crippen MR) is 49.7 cm³/mol. The molecule has 2 rings (SSSR count). The van der Waals surface area contributed by atoms with Crippen LogP contribution < -0.4 is 14.2 Å². The minimum atomic E-state index is -0.976. The number of hydrogen-bond donors (Lipinski definition) is 1. The van der Waals surface area contributed by atoms with E-state index in [1.54, 1.807) is 0 Å². The van der Waals surface area contributed by atoms with Gasteiger partial charge in [0.25, 0.3) is 0 Å². The summed E-state index contributed by atoms with van der Waals surface area (Å²) < 4.78 is 28.8. The van der Waals surface area contributed by atoms with Crippen LogP contribution in [0, 0.1) is 5.82 Å². The fourth-order valence-corrected chi connectivity index (χ4v) is 1.54. The van der Waals surface area contributed by atoms with Gasteiger partial charge in [0.2, 0.25) is 6.79 Å². The molecule has 0 aliphatic carbocycles. The Morgan fingerprint density at radius 1 is 1.53 bits per heavy atom. The minimum absolute atomic E-state index is 0.0294. The van der Waals surface area contributed by atoms with Crippen molar-refractivity contribution >= 4 is 0 Å². The molecule has 82 valence electrons. The van der Waals surface area contributed by atoms with Crippen molar-refractivity contribution in [2.24, 2.45) is 0 Å². The summed E-state index contributed by atoms with van der Waals surface area (Å²) in [5.41, 5.74) is 0.0712. The van der Waals surface area contributed by atoms with Crippen molar-refractivity contribution in [2.75, 3.05) is 13.9 Å².